The van der Waals surface area contributed by atoms with Crippen molar-refractivity contribution >= 4 is 11.4 Å². The molecule has 0 atom stereocenters. The maximum Gasteiger partial charge on any atom is 0.327 e. The molecular formula is C10H9FN2O2. The van der Waals surface area contributed by atoms with E-state index in [2.05, 4.69) is 17.2 Å². The van der Waals surface area contributed by atoms with Crippen LogP contribution in [0.2, 0.25) is 0 Å². The molecule has 0 saturated heterocycles. The fraction of sp³-hybridized carbons (Fsp3) is 0.200. The summed E-state index contributed by atoms with van der Waals surface area (Å²) in [4.78, 5) is 9.81. The number of rotatable bonds is 3. The summed E-state index contributed by atoms with van der Waals surface area (Å²) in [5.74, 6) is 4.45. The maximum atomic E-state index is 13.1. The Morgan fingerprint density at radius 2 is 2.33 bits per heavy atom. The van der Waals surface area contributed by atoms with Gasteiger partial charge in [0.2, 0.25) is 5.82 Å². The van der Waals surface area contributed by atoms with Crippen molar-refractivity contribution in [3.63, 3.8) is 0 Å². The molecule has 0 amide bonds. The van der Waals surface area contributed by atoms with Crippen molar-refractivity contribution in [3.05, 3.63) is 34.1 Å². The molecule has 0 bridgehead atoms. The highest BCUT2D eigenvalue weighted by molar-refractivity contribution is 5.62. The Labute approximate surface area is 86.3 Å². The highest BCUT2D eigenvalue weighted by atomic mass is 19.1. The zero-order valence-electron chi connectivity index (χ0n) is 8.08. The van der Waals surface area contributed by atoms with Crippen molar-refractivity contribution in [2.45, 2.75) is 6.92 Å². The first-order valence-corrected chi connectivity index (χ1v) is 4.23. The predicted octanol–water partition coefficient (Wildman–Crippen LogP) is 2.17. The van der Waals surface area contributed by atoms with Gasteiger partial charge in [0.15, 0.2) is 0 Å². The number of hydrogen-bond donors (Lipinski definition) is 1. The number of nitrogens with zero attached hydrogens (tertiary/aromatic N) is 1. The molecule has 1 N–H and O–H groups in total. The molecule has 0 fully saturated rings. The van der Waals surface area contributed by atoms with Crippen molar-refractivity contribution < 1.29 is 9.31 Å². The molecule has 15 heavy (non-hydrogen) atoms. The SMILES string of the molecule is CC#CCNc1cccc(F)c1[N+](=O)[O-]. The van der Waals surface area contributed by atoms with E-state index < -0.39 is 16.4 Å². The molecule has 4 nitrogen and oxygen atoms in total. The quantitative estimate of drug-likeness (QED) is 0.470. The fourth-order valence-corrected chi connectivity index (χ4v) is 1.07. The molecule has 1 aromatic rings. The summed E-state index contributed by atoms with van der Waals surface area (Å²) in [6.45, 7) is 1.91. The predicted molar refractivity (Wildman–Crippen MR) is 55.0 cm³/mol. The minimum Gasteiger partial charge on any atom is -0.368 e. The van der Waals surface area contributed by atoms with Gasteiger partial charge in [-0.05, 0) is 19.1 Å². The van der Waals surface area contributed by atoms with Crippen LogP contribution >= 0.6 is 0 Å². The smallest absolute Gasteiger partial charge is 0.327 e. The summed E-state index contributed by atoms with van der Waals surface area (Å²) in [5, 5.41) is 13.2. The van der Waals surface area contributed by atoms with E-state index in [-0.39, 0.29) is 12.2 Å². The molecule has 0 radical (unpaired) electrons. The summed E-state index contributed by atoms with van der Waals surface area (Å²) < 4.78 is 13.1. The van der Waals surface area contributed by atoms with Crippen LogP contribution in [0.25, 0.3) is 0 Å². The molecule has 78 valence electrons. The molecule has 0 spiro atoms. The van der Waals surface area contributed by atoms with E-state index in [0.717, 1.165) is 6.07 Å². The Bertz CT molecular complexity index is 435. The van der Waals surface area contributed by atoms with E-state index in [0.29, 0.717) is 0 Å². The van der Waals surface area contributed by atoms with Gasteiger partial charge in [-0.1, -0.05) is 12.0 Å². The van der Waals surface area contributed by atoms with E-state index in [9.17, 15) is 14.5 Å². The van der Waals surface area contributed by atoms with Crippen molar-refractivity contribution in [1.29, 1.82) is 0 Å². The van der Waals surface area contributed by atoms with Crippen LogP contribution in [0, 0.1) is 27.8 Å². The molecule has 0 heterocycles. The van der Waals surface area contributed by atoms with Gasteiger partial charge < -0.3 is 5.32 Å². The first-order chi connectivity index (χ1) is 7.16. The first kappa shape index (κ1) is 11.0. The summed E-state index contributed by atoms with van der Waals surface area (Å²) >= 11 is 0. The van der Waals surface area contributed by atoms with Crippen molar-refractivity contribution in [3.8, 4) is 11.8 Å². The lowest BCUT2D eigenvalue weighted by molar-refractivity contribution is -0.386. The zero-order chi connectivity index (χ0) is 11.3. The molecule has 1 aromatic carbocycles. The topological polar surface area (TPSA) is 55.2 Å². The van der Waals surface area contributed by atoms with Crippen LogP contribution in [-0.4, -0.2) is 11.5 Å². The number of nitrogens with one attached hydrogen (secondary N) is 1. The van der Waals surface area contributed by atoms with Crippen LogP contribution in [0.1, 0.15) is 6.92 Å². The van der Waals surface area contributed by atoms with E-state index in [1.807, 2.05) is 0 Å². The van der Waals surface area contributed by atoms with E-state index >= 15 is 0 Å². The molecule has 0 aliphatic rings. The van der Waals surface area contributed by atoms with Crippen LogP contribution in [0.5, 0.6) is 0 Å². The number of nitro groups is 1. The highest BCUT2D eigenvalue weighted by Crippen LogP contribution is 2.26. The first-order valence-electron chi connectivity index (χ1n) is 4.23. The summed E-state index contributed by atoms with van der Waals surface area (Å²) in [6, 6.07) is 3.90. The Balaban J connectivity index is 2.99. The average Bonchev–Trinajstić information content (AvgIpc) is 2.17. The number of nitro benzene ring substituents is 1. The number of para-hydroxylation sites is 1. The standard InChI is InChI=1S/C10H9FN2O2/c1-2-3-7-12-9-6-4-5-8(11)10(9)13(14)15/h4-6,12H,7H2,1H3. The van der Waals surface area contributed by atoms with Gasteiger partial charge >= 0.3 is 5.69 Å². The number of hydrogen-bond acceptors (Lipinski definition) is 3. The second-order valence-electron chi connectivity index (χ2n) is 2.67. The summed E-state index contributed by atoms with van der Waals surface area (Å²) in [6.07, 6.45) is 0. The highest BCUT2D eigenvalue weighted by Gasteiger charge is 2.18. The third-order valence-corrected chi connectivity index (χ3v) is 1.71. The van der Waals surface area contributed by atoms with Crippen molar-refractivity contribution in [2.24, 2.45) is 0 Å². The van der Waals surface area contributed by atoms with Gasteiger partial charge in [-0.3, -0.25) is 10.1 Å². The number of anilines is 1. The van der Waals surface area contributed by atoms with E-state index in [1.54, 1.807) is 6.92 Å². The third kappa shape index (κ3) is 2.68. The minimum absolute atomic E-state index is 0.141. The van der Waals surface area contributed by atoms with Crippen LogP contribution in [-0.2, 0) is 0 Å². The lowest BCUT2D eigenvalue weighted by Crippen LogP contribution is -2.03. The lowest BCUT2D eigenvalue weighted by Gasteiger charge is -2.03. The largest absolute Gasteiger partial charge is 0.368 e. The Morgan fingerprint density at radius 1 is 1.60 bits per heavy atom. The lowest BCUT2D eigenvalue weighted by atomic mass is 10.2. The third-order valence-electron chi connectivity index (χ3n) is 1.71. The monoisotopic (exact) mass is 208 g/mol. The average molecular weight is 208 g/mol. The Kier molecular flexibility index (Phi) is 3.63. The summed E-state index contributed by atoms with van der Waals surface area (Å²) in [7, 11) is 0. The number of halogens is 1. The van der Waals surface area contributed by atoms with Gasteiger partial charge in [0.05, 0.1) is 11.5 Å². The van der Waals surface area contributed by atoms with Crippen molar-refractivity contribution in [1.82, 2.24) is 0 Å². The van der Waals surface area contributed by atoms with Gasteiger partial charge in [-0.25, -0.2) is 0 Å². The summed E-state index contributed by atoms with van der Waals surface area (Å²) in [5.41, 5.74) is -0.404. The molecule has 0 saturated carbocycles. The van der Waals surface area contributed by atoms with Crippen LogP contribution in [0.15, 0.2) is 18.2 Å². The fourth-order valence-electron chi connectivity index (χ4n) is 1.07. The van der Waals surface area contributed by atoms with E-state index in [1.165, 1.54) is 12.1 Å². The molecule has 0 aliphatic carbocycles. The molecule has 0 aliphatic heterocycles. The van der Waals surface area contributed by atoms with Crippen molar-refractivity contribution in [2.75, 3.05) is 11.9 Å². The van der Waals surface area contributed by atoms with Gasteiger partial charge in [0.1, 0.15) is 5.69 Å². The van der Waals surface area contributed by atoms with Gasteiger partial charge in [-0.2, -0.15) is 4.39 Å². The van der Waals surface area contributed by atoms with Gasteiger partial charge in [-0.15, -0.1) is 5.92 Å². The molecule has 0 unspecified atom stereocenters. The molecule has 1 rings (SSSR count). The maximum absolute atomic E-state index is 13.1. The van der Waals surface area contributed by atoms with Gasteiger partial charge in [0, 0.05) is 0 Å². The second kappa shape index (κ2) is 4.96. The van der Waals surface area contributed by atoms with E-state index in [4.69, 9.17) is 0 Å². The number of benzene rings is 1. The Morgan fingerprint density at radius 3 is 2.93 bits per heavy atom. The second-order valence-corrected chi connectivity index (χ2v) is 2.67. The molecular weight excluding hydrogens is 199 g/mol. The molecule has 0 aromatic heterocycles. The molecule has 5 heteroatoms. The minimum atomic E-state index is -0.852. The van der Waals surface area contributed by atoms with Crippen LogP contribution < -0.4 is 5.32 Å². The van der Waals surface area contributed by atoms with Crippen LogP contribution in [0.3, 0.4) is 0 Å². The zero-order valence-corrected chi connectivity index (χ0v) is 8.08. The van der Waals surface area contributed by atoms with Gasteiger partial charge in [0.25, 0.3) is 0 Å². The normalized spacial score (nSPS) is 8.93. The van der Waals surface area contributed by atoms with Crippen LogP contribution in [0.4, 0.5) is 15.8 Å². The Hall–Kier alpha value is -2.09.